The molecule has 1 saturated heterocycles. The first-order chi connectivity index (χ1) is 13.8. The number of sulfonamides is 1. The van der Waals surface area contributed by atoms with Gasteiger partial charge in [-0.05, 0) is 97.3 Å². The summed E-state index contributed by atoms with van der Waals surface area (Å²) < 4.78 is 34.3. The van der Waals surface area contributed by atoms with Crippen LogP contribution in [0.3, 0.4) is 0 Å². The highest BCUT2D eigenvalue weighted by atomic mass is 127. The van der Waals surface area contributed by atoms with Gasteiger partial charge in [-0.3, -0.25) is 4.79 Å². The number of halogens is 1. The summed E-state index contributed by atoms with van der Waals surface area (Å²) in [5.74, 6) is 0.162. The fourth-order valence-corrected chi connectivity index (χ4v) is 5.37. The number of amides is 1. The van der Waals surface area contributed by atoms with Crippen LogP contribution in [0, 0.1) is 16.4 Å². The van der Waals surface area contributed by atoms with Gasteiger partial charge in [-0.2, -0.15) is 4.31 Å². The van der Waals surface area contributed by atoms with Gasteiger partial charge in [-0.1, -0.05) is 0 Å². The summed E-state index contributed by atoms with van der Waals surface area (Å²) in [6, 6.07) is 12.4. The second-order valence-electron chi connectivity index (χ2n) is 7.06. The largest absolute Gasteiger partial charge is 0.494 e. The molecule has 0 aliphatic carbocycles. The van der Waals surface area contributed by atoms with Crippen molar-refractivity contribution >= 4 is 44.2 Å². The van der Waals surface area contributed by atoms with Crippen LogP contribution in [0.2, 0.25) is 0 Å². The number of nitrogens with zero attached hydrogens (tertiary/aromatic N) is 1. The number of carbonyl (C=O) groups excluding carboxylic acids is 1. The molecule has 0 spiro atoms. The lowest BCUT2D eigenvalue weighted by molar-refractivity contribution is -0.120. The molecule has 1 N–H and O–H groups in total. The van der Waals surface area contributed by atoms with Crippen molar-refractivity contribution in [3.63, 3.8) is 0 Å². The zero-order valence-electron chi connectivity index (χ0n) is 16.5. The van der Waals surface area contributed by atoms with Gasteiger partial charge in [0.2, 0.25) is 15.9 Å². The summed E-state index contributed by atoms with van der Waals surface area (Å²) in [7, 11) is -3.66. The normalized spacial score (nSPS) is 17.7. The number of benzene rings is 2. The van der Waals surface area contributed by atoms with E-state index in [-0.39, 0.29) is 23.3 Å². The maximum Gasteiger partial charge on any atom is 0.243 e. The zero-order valence-corrected chi connectivity index (χ0v) is 19.5. The Labute approximate surface area is 185 Å². The molecule has 1 aliphatic rings. The summed E-state index contributed by atoms with van der Waals surface area (Å²) >= 11 is 2.21. The molecule has 1 aliphatic heterocycles. The molecule has 29 heavy (non-hydrogen) atoms. The molecule has 2 aromatic carbocycles. The third-order valence-corrected chi connectivity index (χ3v) is 7.53. The fraction of sp³-hybridized carbons (Fsp3) is 0.381. The van der Waals surface area contributed by atoms with Crippen LogP contribution in [0.5, 0.6) is 5.75 Å². The average molecular weight is 528 g/mol. The third kappa shape index (κ3) is 5.29. The van der Waals surface area contributed by atoms with Crippen molar-refractivity contribution < 1.29 is 17.9 Å². The molecule has 156 valence electrons. The van der Waals surface area contributed by atoms with Gasteiger partial charge in [0.05, 0.1) is 17.4 Å². The van der Waals surface area contributed by atoms with Gasteiger partial charge in [-0.15, -0.1) is 0 Å². The number of anilines is 1. The summed E-state index contributed by atoms with van der Waals surface area (Å²) in [4.78, 5) is 12.9. The molecule has 3 rings (SSSR count). The zero-order chi connectivity index (χ0) is 21.0. The molecule has 1 amide bonds. The first kappa shape index (κ1) is 22.0. The minimum atomic E-state index is -3.66. The van der Waals surface area contributed by atoms with Crippen molar-refractivity contribution in [1.82, 2.24) is 4.31 Å². The van der Waals surface area contributed by atoms with E-state index in [0.717, 1.165) is 14.8 Å². The van der Waals surface area contributed by atoms with Crippen molar-refractivity contribution in [1.29, 1.82) is 0 Å². The van der Waals surface area contributed by atoms with Crippen LogP contribution < -0.4 is 10.1 Å². The summed E-state index contributed by atoms with van der Waals surface area (Å²) in [5, 5.41) is 2.90. The molecule has 2 aromatic rings. The highest BCUT2D eigenvalue weighted by Crippen LogP contribution is 2.28. The van der Waals surface area contributed by atoms with Crippen LogP contribution in [0.1, 0.15) is 25.3 Å². The molecule has 0 bridgehead atoms. The van der Waals surface area contributed by atoms with E-state index in [1.54, 1.807) is 18.2 Å². The minimum Gasteiger partial charge on any atom is -0.494 e. The van der Waals surface area contributed by atoms with Gasteiger partial charge in [0.15, 0.2) is 0 Å². The number of hydrogen-bond donors (Lipinski definition) is 1. The Morgan fingerprint density at radius 3 is 2.62 bits per heavy atom. The highest BCUT2D eigenvalue weighted by Gasteiger charge is 2.33. The van der Waals surface area contributed by atoms with Crippen LogP contribution in [0.25, 0.3) is 0 Å². The van der Waals surface area contributed by atoms with Crippen molar-refractivity contribution in [2.24, 2.45) is 5.92 Å². The van der Waals surface area contributed by atoms with Crippen molar-refractivity contribution in [2.75, 3.05) is 25.0 Å². The van der Waals surface area contributed by atoms with Gasteiger partial charge in [0, 0.05) is 22.3 Å². The summed E-state index contributed by atoms with van der Waals surface area (Å²) in [5.41, 5.74) is 1.50. The number of rotatable bonds is 6. The monoisotopic (exact) mass is 528 g/mol. The maximum atomic E-state index is 13.1. The quantitative estimate of drug-likeness (QED) is 0.575. The second-order valence-corrected chi connectivity index (χ2v) is 10.2. The van der Waals surface area contributed by atoms with Crippen LogP contribution in [-0.4, -0.2) is 38.3 Å². The third-order valence-electron chi connectivity index (χ3n) is 4.95. The van der Waals surface area contributed by atoms with Crippen molar-refractivity contribution in [3.8, 4) is 5.75 Å². The molecule has 6 nitrogen and oxygen atoms in total. The Morgan fingerprint density at radius 2 is 1.97 bits per heavy atom. The Kier molecular flexibility index (Phi) is 7.18. The molecule has 8 heteroatoms. The average Bonchev–Trinajstić information content (AvgIpc) is 2.71. The van der Waals surface area contributed by atoms with Crippen LogP contribution in [-0.2, 0) is 14.8 Å². The van der Waals surface area contributed by atoms with Crippen LogP contribution >= 0.6 is 22.6 Å². The Morgan fingerprint density at radius 1 is 1.24 bits per heavy atom. The molecule has 0 unspecified atom stereocenters. The van der Waals surface area contributed by atoms with E-state index >= 15 is 0 Å². The maximum absolute atomic E-state index is 13.1. The Bertz CT molecular complexity index is 977. The molecular weight excluding hydrogens is 503 g/mol. The van der Waals surface area contributed by atoms with E-state index in [9.17, 15) is 13.2 Å². The Hall–Kier alpha value is -1.65. The number of carbonyl (C=O) groups is 1. The Balaban J connectivity index is 1.72. The number of nitrogens with one attached hydrogen (secondary N) is 1. The number of aryl methyl sites for hydroxylation is 1. The van der Waals surface area contributed by atoms with Gasteiger partial charge in [-0.25, -0.2) is 8.42 Å². The molecule has 0 saturated carbocycles. The topological polar surface area (TPSA) is 75.7 Å². The second kappa shape index (κ2) is 9.44. The first-order valence-corrected chi connectivity index (χ1v) is 12.1. The van der Waals surface area contributed by atoms with Gasteiger partial charge in [0.25, 0.3) is 0 Å². The SMILES string of the molecule is CCOc1ccc(S(=O)(=O)N2CCC[C@@H](C(=O)Nc3ccc(I)cc3)C2)cc1C. The smallest absolute Gasteiger partial charge is 0.243 e. The van der Waals surface area contributed by atoms with E-state index in [1.165, 1.54) is 4.31 Å². The predicted molar refractivity (Wildman–Crippen MR) is 122 cm³/mol. The minimum absolute atomic E-state index is 0.144. The van der Waals surface area contributed by atoms with Gasteiger partial charge >= 0.3 is 0 Å². The summed E-state index contributed by atoms with van der Waals surface area (Å²) in [6.07, 6.45) is 1.32. The fourth-order valence-electron chi connectivity index (χ4n) is 3.40. The van der Waals surface area contributed by atoms with E-state index < -0.39 is 10.0 Å². The lowest BCUT2D eigenvalue weighted by Crippen LogP contribution is -2.43. The lowest BCUT2D eigenvalue weighted by atomic mass is 9.99. The first-order valence-electron chi connectivity index (χ1n) is 9.61. The van der Waals surface area contributed by atoms with Crippen molar-refractivity contribution in [2.45, 2.75) is 31.6 Å². The van der Waals surface area contributed by atoms with E-state index in [4.69, 9.17) is 4.74 Å². The predicted octanol–water partition coefficient (Wildman–Crippen LogP) is 4.04. The van der Waals surface area contributed by atoms with E-state index in [1.807, 2.05) is 38.1 Å². The van der Waals surface area contributed by atoms with Crippen LogP contribution in [0.4, 0.5) is 5.69 Å². The molecule has 0 radical (unpaired) electrons. The molecule has 1 fully saturated rings. The van der Waals surface area contributed by atoms with E-state index in [2.05, 4.69) is 27.9 Å². The lowest BCUT2D eigenvalue weighted by Gasteiger charge is -2.31. The van der Waals surface area contributed by atoms with Gasteiger partial charge < -0.3 is 10.1 Å². The number of hydrogen-bond acceptors (Lipinski definition) is 4. The summed E-state index contributed by atoms with van der Waals surface area (Å²) in [6.45, 7) is 4.85. The van der Waals surface area contributed by atoms with Gasteiger partial charge in [0.1, 0.15) is 5.75 Å². The number of piperidine rings is 1. The highest BCUT2D eigenvalue weighted by molar-refractivity contribution is 14.1. The number of ether oxygens (including phenoxy) is 1. The molecular formula is C21H25IN2O4S. The molecule has 1 atom stereocenters. The standard InChI is InChI=1S/C21H25IN2O4S/c1-3-28-20-11-10-19(13-15(20)2)29(26,27)24-12-4-5-16(14-24)21(25)23-18-8-6-17(22)7-9-18/h6-11,13,16H,3-5,12,14H2,1-2H3,(H,23,25)/t16-/m1/s1. The molecule has 1 heterocycles. The molecule has 0 aromatic heterocycles. The van der Waals surface area contributed by atoms with E-state index in [0.29, 0.717) is 31.7 Å². The van der Waals surface area contributed by atoms with Crippen LogP contribution in [0.15, 0.2) is 47.4 Å². The van der Waals surface area contributed by atoms with Crippen molar-refractivity contribution in [3.05, 3.63) is 51.6 Å².